The summed E-state index contributed by atoms with van der Waals surface area (Å²) in [6.45, 7) is 9.55. The zero-order valence-electron chi connectivity index (χ0n) is 13.4. The first-order chi connectivity index (χ1) is 9.90. The summed E-state index contributed by atoms with van der Waals surface area (Å²) in [6.07, 6.45) is 0. The predicted octanol–water partition coefficient (Wildman–Crippen LogP) is 4.30. The maximum Gasteiger partial charge on any atom is 0.118 e. The summed E-state index contributed by atoms with van der Waals surface area (Å²) < 4.78 is 5.18. The van der Waals surface area contributed by atoms with Gasteiger partial charge in [-0.3, -0.25) is 0 Å². The van der Waals surface area contributed by atoms with Gasteiger partial charge in [-0.25, -0.2) is 4.98 Å². The molecule has 114 valence electrons. The van der Waals surface area contributed by atoms with Crippen molar-refractivity contribution in [2.75, 3.05) is 7.11 Å². The first kappa shape index (κ1) is 16.0. The van der Waals surface area contributed by atoms with Gasteiger partial charge < -0.3 is 10.1 Å². The van der Waals surface area contributed by atoms with Crippen LogP contribution in [0.4, 0.5) is 0 Å². The van der Waals surface area contributed by atoms with Crippen LogP contribution in [0.5, 0.6) is 5.75 Å². The molecule has 0 saturated carbocycles. The molecule has 4 heteroatoms. The molecule has 0 radical (unpaired) electrons. The summed E-state index contributed by atoms with van der Waals surface area (Å²) in [5.74, 6) is 0.890. The van der Waals surface area contributed by atoms with E-state index in [1.54, 1.807) is 18.4 Å². The summed E-state index contributed by atoms with van der Waals surface area (Å²) in [6, 6.07) is 8.47. The lowest BCUT2D eigenvalue weighted by molar-refractivity contribution is 0.414. The van der Waals surface area contributed by atoms with Crippen molar-refractivity contribution in [1.29, 1.82) is 0 Å². The molecule has 1 unspecified atom stereocenters. The minimum atomic E-state index is 0.121. The monoisotopic (exact) mass is 304 g/mol. The standard InChI is InChI=1S/C17H24N2OS/c1-12(13-6-8-14(20-5)9-7-13)18-10-16-19-15(11-21-16)17(2,3)4/h6-9,11-12,18H,10H2,1-5H3. The second-order valence-corrected chi connectivity index (χ2v) is 7.19. The van der Waals surface area contributed by atoms with Crippen LogP contribution in [-0.2, 0) is 12.0 Å². The highest BCUT2D eigenvalue weighted by atomic mass is 32.1. The average molecular weight is 304 g/mol. The molecule has 0 aliphatic carbocycles. The van der Waals surface area contributed by atoms with Crippen LogP contribution in [0.3, 0.4) is 0 Å². The molecule has 1 atom stereocenters. The Hall–Kier alpha value is -1.39. The van der Waals surface area contributed by atoms with Gasteiger partial charge in [0.15, 0.2) is 0 Å². The summed E-state index contributed by atoms with van der Waals surface area (Å²) in [5.41, 5.74) is 2.54. The lowest BCUT2D eigenvalue weighted by atomic mass is 9.93. The molecule has 2 aromatic rings. The summed E-state index contributed by atoms with van der Waals surface area (Å²) in [7, 11) is 1.69. The van der Waals surface area contributed by atoms with Gasteiger partial charge >= 0.3 is 0 Å². The molecule has 0 spiro atoms. The van der Waals surface area contributed by atoms with Crippen LogP contribution in [0, 0.1) is 0 Å². The molecule has 0 fully saturated rings. The van der Waals surface area contributed by atoms with Crippen molar-refractivity contribution in [2.24, 2.45) is 0 Å². The van der Waals surface area contributed by atoms with Crippen molar-refractivity contribution >= 4 is 11.3 Å². The normalized spacial score (nSPS) is 13.2. The van der Waals surface area contributed by atoms with E-state index in [4.69, 9.17) is 9.72 Å². The highest BCUT2D eigenvalue weighted by Crippen LogP contribution is 2.24. The second-order valence-electron chi connectivity index (χ2n) is 6.25. The molecule has 0 aliphatic heterocycles. The average Bonchev–Trinajstić information content (AvgIpc) is 2.94. The van der Waals surface area contributed by atoms with E-state index in [0.29, 0.717) is 0 Å². The van der Waals surface area contributed by atoms with E-state index in [1.165, 1.54) is 11.3 Å². The zero-order valence-corrected chi connectivity index (χ0v) is 14.3. The number of ether oxygens (including phenoxy) is 1. The molecule has 0 aliphatic rings. The maximum absolute atomic E-state index is 5.18. The van der Waals surface area contributed by atoms with Gasteiger partial charge in [0.05, 0.1) is 12.8 Å². The molecule has 3 nitrogen and oxygen atoms in total. The summed E-state index contributed by atoms with van der Waals surface area (Å²) in [4.78, 5) is 4.71. The van der Waals surface area contributed by atoms with Crippen molar-refractivity contribution in [1.82, 2.24) is 10.3 Å². The van der Waals surface area contributed by atoms with Crippen LogP contribution in [0.1, 0.15) is 50.0 Å². The van der Waals surface area contributed by atoms with Crippen molar-refractivity contribution in [3.63, 3.8) is 0 Å². The van der Waals surface area contributed by atoms with E-state index in [1.807, 2.05) is 12.1 Å². The highest BCUT2D eigenvalue weighted by molar-refractivity contribution is 7.09. The number of methoxy groups -OCH3 is 1. The van der Waals surface area contributed by atoms with E-state index in [9.17, 15) is 0 Å². The van der Waals surface area contributed by atoms with Crippen LogP contribution in [-0.4, -0.2) is 12.1 Å². The number of nitrogens with one attached hydrogen (secondary N) is 1. The molecule has 0 amide bonds. The van der Waals surface area contributed by atoms with E-state index >= 15 is 0 Å². The molecule has 1 heterocycles. The molecular formula is C17H24N2OS. The third-order valence-electron chi connectivity index (χ3n) is 3.50. The topological polar surface area (TPSA) is 34.1 Å². The number of hydrogen-bond acceptors (Lipinski definition) is 4. The Morgan fingerprint density at radius 3 is 2.43 bits per heavy atom. The van der Waals surface area contributed by atoms with Crippen molar-refractivity contribution in [3.8, 4) is 5.75 Å². The Labute approximate surface area is 131 Å². The lowest BCUT2D eigenvalue weighted by Crippen LogP contribution is -2.18. The van der Waals surface area contributed by atoms with Gasteiger partial charge in [0.25, 0.3) is 0 Å². The fraction of sp³-hybridized carbons (Fsp3) is 0.471. The van der Waals surface area contributed by atoms with Gasteiger partial charge in [0.2, 0.25) is 0 Å². The van der Waals surface area contributed by atoms with Crippen LogP contribution in [0.2, 0.25) is 0 Å². The van der Waals surface area contributed by atoms with Crippen LogP contribution in [0.15, 0.2) is 29.6 Å². The van der Waals surface area contributed by atoms with Gasteiger partial charge in [0.1, 0.15) is 10.8 Å². The third kappa shape index (κ3) is 4.29. The van der Waals surface area contributed by atoms with E-state index in [2.05, 4.69) is 50.5 Å². The van der Waals surface area contributed by atoms with Crippen molar-refractivity contribution < 1.29 is 4.74 Å². The molecule has 21 heavy (non-hydrogen) atoms. The molecule has 1 N–H and O–H groups in total. The number of thiazole rings is 1. The minimum Gasteiger partial charge on any atom is -0.497 e. The SMILES string of the molecule is COc1ccc(C(C)NCc2nc(C(C)(C)C)cs2)cc1. The Kier molecular flexibility index (Phi) is 5.01. The summed E-state index contributed by atoms with van der Waals surface area (Å²) >= 11 is 1.73. The molecule has 0 saturated heterocycles. The fourth-order valence-electron chi connectivity index (χ4n) is 1.99. The number of rotatable bonds is 5. The fourth-order valence-corrected chi connectivity index (χ4v) is 2.96. The first-order valence-corrected chi connectivity index (χ1v) is 8.10. The van der Waals surface area contributed by atoms with Gasteiger partial charge in [-0.05, 0) is 24.6 Å². The Morgan fingerprint density at radius 2 is 1.90 bits per heavy atom. The number of nitrogens with zero attached hydrogens (tertiary/aromatic N) is 1. The third-order valence-corrected chi connectivity index (χ3v) is 4.34. The largest absolute Gasteiger partial charge is 0.497 e. The Balaban J connectivity index is 1.94. The second kappa shape index (κ2) is 6.58. The molecule has 1 aromatic heterocycles. The lowest BCUT2D eigenvalue weighted by Gasteiger charge is -2.15. The van der Waals surface area contributed by atoms with E-state index in [0.717, 1.165) is 17.3 Å². The quantitative estimate of drug-likeness (QED) is 0.894. The first-order valence-electron chi connectivity index (χ1n) is 7.22. The Bertz CT molecular complexity index is 569. The van der Waals surface area contributed by atoms with Gasteiger partial charge in [-0.15, -0.1) is 11.3 Å². The predicted molar refractivity (Wildman–Crippen MR) is 89.1 cm³/mol. The highest BCUT2D eigenvalue weighted by Gasteiger charge is 2.17. The molecule has 2 rings (SSSR count). The Morgan fingerprint density at radius 1 is 1.24 bits per heavy atom. The number of hydrogen-bond donors (Lipinski definition) is 1. The number of benzene rings is 1. The van der Waals surface area contributed by atoms with Gasteiger partial charge in [0, 0.05) is 23.4 Å². The van der Waals surface area contributed by atoms with Gasteiger partial charge in [-0.2, -0.15) is 0 Å². The smallest absolute Gasteiger partial charge is 0.118 e. The molecule has 1 aromatic carbocycles. The summed E-state index contributed by atoms with van der Waals surface area (Å²) in [5, 5.41) is 6.83. The van der Waals surface area contributed by atoms with Crippen LogP contribution in [0.25, 0.3) is 0 Å². The minimum absolute atomic E-state index is 0.121. The van der Waals surface area contributed by atoms with E-state index in [-0.39, 0.29) is 11.5 Å². The van der Waals surface area contributed by atoms with Crippen LogP contribution >= 0.6 is 11.3 Å². The molecular weight excluding hydrogens is 280 g/mol. The van der Waals surface area contributed by atoms with E-state index < -0.39 is 0 Å². The molecule has 0 bridgehead atoms. The van der Waals surface area contributed by atoms with Crippen LogP contribution < -0.4 is 10.1 Å². The van der Waals surface area contributed by atoms with Crippen molar-refractivity contribution in [3.05, 3.63) is 45.9 Å². The maximum atomic E-state index is 5.18. The van der Waals surface area contributed by atoms with Gasteiger partial charge in [-0.1, -0.05) is 32.9 Å². The number of aromatic nitrogens is 1. The zero-order chi connectivity index (χ0) is 15.5. The van der Waals surface area contributed by atoms with Crippen molar-refractivity contribution in [2.45, 2.75) is 45.7 Å².